The van der Waals surface area contributed by atoms with Gasteiger partial charge in [-0.1, -0.05) is 34.7 Å². The number of thiazole rings is 1. The summed E-state index contributed by atoms with van der Waals surface area (Å²) in [5, 5.41) is 12.6. The first-order chi connectivity index (χ1) is 14.7. The molecule has 0 spiro atoms. The molecule has 9 nitrogen and oxygen atoms in total. The highest BCUT2D eigenvalue weighted by atomic mass is 35.5. The normalized spacial score (nSPS) is 10.8. The fraction of sp³-hybridized carbons (Fsp3) is 0.316. The van der Waals surface area contributed by atoms with E-state index < -0.39 is 0 Å². The van der Waals surface area contributed by atoms with Gasteiger partial charge >= 0.3 is 0 Å². The van der Waals surface area contributed by atoms with E-state index in [0.29, 0.717) is 43.0 Å². The highest BCUT2D eigenvalue weighted by Gasteiger charge is 2.19. The van der Waals surface area contributed by atoms with Gasteiger partial charge in [0.15, 0.2) is 16.1 Å². The van der Waals surface area contributed by atoms with Crippen LogP contribution in [0.4, 0.5) is 5.13 Å². The number of hydrogen-bond donors (Lipinski definition) is 1. The third kappa shape index (κ3) is 5.17. The fourth-order valence-corrected chi connectivity index (χ4v) is 4.55. The molecule has 2 heterocycles. The van der Waals surface area contributed by atoms with Crippen LogP contribution >= 0.6 is 34.7 Å². The van der Waals surface area contributed by atoms with E-state index in [2.05, 4.69) is 20.5 Å². The van der Waals surface area contributed by atoms with E-state index in [0.717, 1.165) is 11.3 Å². The number of carbonyl (C=O) groups is 2. The van der Waals surface area contributed by atoms with E-state index in [1.165, 1.54) is 16.7 Å². The maximum atomic E-state index is 12.4. The van der Waals surface area contributed by atoms with Gasteiger partial charge in [-0.3, -0.25) is 9.59 Å². The topological polar surface area (TPSA) is 102 Å². The second kappa shape index (κ2) is 9.67. The van der Waals surface area contributed by atoms with E-state index >= 15 is 0 Å². The minimum Gasteiger partial charge on any atom is -0.496 e. The van der Waals surface area contributed by atoms with Gasteiger partial charge in [0.1, 0.15) is 10.6 Å². The second-order valence-corrected chi connectivity index (χ2v) is 9.06. The van der Waals surface area contributed by atoms with Crippen molar-refractivity contribution >= 4 is 51.6 Å². The summed E-state index contributed by atoms with van der Waals surface area (Å²) in [6, 6.07) is 5.25. The fourth-order valence-electron chi connectivity index (χ4n) is 2.67. The molecule has 2 aromatic heterocycles. The van der Waals surface area contributed by atoms with Crippen molar-refractivity contribution in [3.8, 4) is 17.1 Å². The first kappa shape index (κ1) is 23.0. The number of ether oxygens (including phenoxy) is 1. The minimum absolute atomic E-state index is 0.105. The molecule has 12 heteroatoms. The van der Waals surface area contributed by atoms with Crippen LogP contribution in [0.5, 0.6) is 5.75 Å². The van der Waals surface area contributed by atoms with Gasteiger partial charge in [-0.2, -0.15) is 0 Å². The smallest absolute Gasteiger partial charge is 0.265 e. The highest BCUT2D eigenvalue weighted by molar-refractivity contribution is 7.99. The number of carbonyl (C=O) groups excluding carboxylic acids is 2. The molecule has 0 aliphatic carbocycles. The Morgan fingerprint density at radius 1 is 1.32 bits per heavy atom. The molecular weight excluding hydrogens is 460 g/mol. The van der Waals surface area contributed by atoms with Crippen LogP contribution in [-0.4, -0.2) is 63.4 Å². The minimum atomic E-state index is -0.257. The van der Waals surface area contributed by atoms with E-state index in [1.54, 1.807) is 57.9 Å². The van der Waals surface area contributed by atoms with Gasteiger partial charge in [0.2, 0.25) is 5.91 Å². The number of hydrogen-bond acceptors (Lipinski definition) is 8. The van der Waals surface area contributed by atoms with Crippen molar-refractivity contribution in [1.82, 2.24) is 24.6 Å². The van der Waals surface area contributed by atoms with Crippen LogP contribution in [0.1, 0.15) is 15.4 Å². The Morgan fingerprint density at radius 2 is 2.06 bits per heavy atom. The molecule has 1 aromatic carbocycles. The molecule has 31 heavy (non-hydrogen) atoms. The Bertz CT molecular complexity index is 1130. The number of aryl methyl sites for hydroxylation is 1. The molecule has 3 aromatic rings. The Morgan fingerprint density at radius 3 is 2.74 bits per heavy atom. The second-order valence-electron chi connectivity index (χ2n) is 6.68. The van der Waals surface area contributed by atoms with Crippen LogP contribution in [0.15, 0.2) is 23.4 Å². The number of amides is 2. The van der Waals surface area contributed by atoms with Crippen LogP contribution in [0.25, 0.3) is 11.4 Å². The van der Waals surface area contributed by atoms with Gasteiger partial charge in [-0.05, 0) is 25.1 Å². The Balaban J connectivity index is 1.68. The summed E-state index contributed by atoms with van der Waals surface area (Å²) >= 11 is 8.50. The predicted octanol–water partition coefficient (Wildman–Crippen LogP) is 3.34. The van der Waals surface area contributed by atoms with Gasteiger partial charge in [-0.15, -0.1) is 10.2 Å². The lowest BCUT2D eigenvalue weighted by Gasteiger charge is -2.09. The first-order valence-corrected chi connectivity index (χ1v) is 11.2. The third-order valence-corrected chi connectivity index (χ3v) is 6.53. The third-order valence-electron chi connectivity index (χ3n) is 4.21. The summed E-state index contributed by atoms with van der Waals surface area (Å²) in [6.45, 7) is 1.74. The van der Waals surface area contributed by atoms with Gasteiger partial charge in [0.05, 0.1) is 24.1 Å². The summed E-state index contributed by atoms with van der Waals surface area (Å²) in [7, 11) is 6.72. The summed E-state index contributed by atoms with van der Waals surface area (Å²) in [5.41, 5.74) is 1.29. The van der Waals surface area contributed by atoms with Gasteiger partial charge in [0, 0.05) is 26.2 Å². The van der Waals surface area contributed by atoms with E-state index in [-0.39, 0.29) is 17.6 Å². The number of thioether (sulfide) groups is 1. The zero-order valence-electron chi connectivity index (χ0n) is 17.6. The van der Waals surface area contributed by atoms with Crippen LogP contribution in [0.2, 0.25) is 5.02 Å². The van der Waals surface area contributed by atoms with Crippen molar-refractivity contribution in [2.75, 3.05) is 32.3 Å². The standard InChI is InChI=1S/C19H21ClN6O3S2/c1-10-15(17(28)25(2)3)31-18(21-10)22-14(27)9-30-19-24-23-16(26(19)4)12-8-11(20)6-7-13(12)29-5/h6-8H,9H2,1-5H3,(H,21,22,27). The quantitative estimate of drug-likeness (QED) is 0.517. The van der Waals surface area contributed by atoms with E-state index in [4.69, 9.17) is 16.3 Å². The molecule has 0 aliphatic rings. The molecule has 0 bridgehead atoms. The molecule has 2 amide bonds. The Hall–Kier alpha value is -2.63. The number of halogens is 1. The predicted molar refractivity (Wildman–Crippen MR) is 122 cm³/mol. The lowest BCUT2D eigenvalue weighted by Crippen LogP contribution is -2.21. The molecule has 0 saturated carbocycles. The number of nitrogens with zero attached hydrogens (tertiary/aromatic N) is 5. The number of methoxy groups -OCH3 is 1. The van der Waals surface area contributed by atoms with Crippen LogP contribution in [0, 0.1) is 6.92 Å². The summed E-state index contributed by atoms with van der Waals surface area (Å²) in [4.78, 5) is 30.8. The first-order valence-electron chi connectivity index (χ1n) is 9.06. The molecular formula is C19H21ClN6O3S2. The number of anilines is 1. The zero-order valence-corrected chi connectivity index (χ0v) is 20.0. The van der Waals surface area contributed by atoms with Crippen LogP contribution in [0.3, 0.4) is 0 Å². The summed E-state index contributed by atoms with van der Waals surface area (Å²) in [6.07, 6.45) is 0. The van der Waals surface area contributed by atoms with E-state index in [1.807, 2.05) is 0 Å². The SMILES string of the molecule is COc1ccc(Cl)cc1-c1nnc(SCC(=O)Nc2nc(C)c(C(=O)N(C)C)s2)n1C. The van der Waals surface area contributed by atoms with E-state index in [9.17, 15) is 9.59 Å². The molecule has 0 atom stereocenters. The lowest BCUT2D eigenvalue weighted by molar-refractivity contribution is -0.113. The van der Waals surface area contributed by atoms with Gasteiger partial charge in [-0.25, -0.2) is 4.98 Å². The molecule has 0 saturated heterocycles. The monoisotopic (exact) mass is 480 g/mol. The Labute approximate surface area is 192 Å². The average Bonchev–Trinajstić information content (AvgIpc) is 3.27. The van der Waals surface area contributed by atoms with Crippen LogP contribution < -0.4 is 10.1 Å². The largest absolute Gasteiger partial charge is 0.496 e. The molecule has 3 rings (SSSR count). The Kier molecular flexibility index (Phi) is 7.19. The molecule has 0 aliphatic heterocycles. The average molecular weight is 481 g/mol. The van der Waals surface area contributed by atoms with Crippen molar-refractivity contribution < 1.29 is 14.3 Å². The van der Waals surface area contributed by atoms with Crippen molar-refractivity contribution in [3.05, 3.63) is 33.8 Å². The number of nitrogens with one attached hydrogen (secondary N) is 1. The summed E-state index contributed by atoms with van der Waals surface area (Å²) in [5.74, 6) is 0.898. The zero-order chi connectivity index (χ0) is 22.7. The highest BCUT2D eigenvalue weighted by Crippen LogP contribution is 2.32. The molecule has 164 valence electrons. The van der Waals surface area contributed by atoms with Crippen molar-refractivity contribution in [3.63, 3.8) is 0 Å². The maximum Gasteiger partial charge on any atom is 0.265 e. The molecule has 0 radical (unpaired) electrons. The molecule has 0 unspecified atom stereocenters. The van der Waals surface area contributed by atoms with Crippen molar-refractivity contribution in [1.29, 1.82) is 0 Å². The number of benzene rings is 1. The number of rotatable bonds is 7. The van der Waals surface area contributed by atoms with Crippen LogP contribution in [-0.2, 0) is 11.8 Å². The van der Waals surface area contributed by atoms with Gasteiger partial charge in [0.25, 0.3) is 5.91 Å². The van der Waals surface area contributed by atoms with Crippen molar-refractivity contribution in [2.24, 2.45) is 7.05 Å². The molecule has 1 N–H and O–H groups in total. The molecule has 0 fully saturated rings. The van der Waals surface area contributed by atoms with Gasteiger partial charge < -0.3 is 19.5 Å². The lowest BCUT2D eigenvalue weighted by atomic mass is 10.2. The van der Waals surface area contributed by atoms with Crippen molar-refractivity contribution in [2.45, 2.75) is 12.1 Å². The summed E-state index contributed by atoms with van der Waals surface area (Å²) < 4.78 is 7.15. The maximum absolute atomic E-state index is 12.4. The number of aromatic nitrogens is 4.